The van der Waals surface area contributed by atoms with Gasteiger partial charge in [-0.25, -0.2) is 9.63 Å². The standard InChI is InChI=1S/C25H25ClN2O6S/c1-3-4-15-33-21-10-6-19(7-11-21)25(29)34-23-14-5-18(16-24(23)32-2)17-27-28-35(30,31)22-12-8-20(26)9-13-22/h5-14,16-17,28H,3-4,15H2,1-2H3. The highest BCUT2D eigenvalue weighted by Crippen LogP contribution is 2.28. The van der Waals surface area contributed by atoms with Gasteiger partial charge < -0.3 is 14.2 Å². The second kappa shape index (κ2) is 12.2. The quantitative estimate of drug-likeness (QED) is 0.126. The molecule has 0 bridgehead atoms. The largest absolute Gasteiger partial charge is 0.494 e. The maximum Gasteiger partial charge on any atom is 0.343 e. The lowest BCUT2D eigenvalue weighted by atomic mass is 10.2. The van der Waals surface area contributed by atoms with Gasteiger partial charge in [0.15, 0.2) is 11.5 Å². The molecule has 0 saturated heterocycles. The predicted octanol–water partition coefficient (Wildman–Crippen LogP) is 5.06. The summed E-state index contributed by atoms with van der Waals surface area (Å²) in [6.45, 7) is 2.70. The Morgan fingerprint density at radius 2 is 1.74 bits per heavy atom. The number of hydrogen-bond acceptors (Lipinski definition) is 7. The molecular weight excluding hydrogens is 492 g/mol. The molecule has 3 aromatic carbocycles. The Hall–Kier alpha value is -3.56. The maximum absolute atomic E-state index is 12.5. The number of methoxy groups -OCH3 is 1. The molecule has 0 aromatic heterocycles. The number of unbranched alkanes of at least 4 members (excludes halogenated alkanes) is 1. The zero-order valence-corrected chi connectivity index (χ0v) is 20.8. The third-order valence-corrected chi connectivity index (χ3v) is 6.25. The molecule has 0 aliphatic carbocycles. The van der Waals surface area contributed by atoms with Gasteiger partial charge in [0.05, 0.1) is 30.4 Å². The van der Waals surface area contributed by atoms with Crippen LogP contribution in [-0.2, 0) is 10.0 Å². The molecular formula is C25H25ClN2O6S. The van der Waals surface area contributed by atoms with Gasteiger partial charge in [0.2, 0.25) is 0 Å². The zero-order chi connectivity index (χ0) is 25.3. The molecule has 3 aromatic rings. The van der Waals surface area contributed by atoms with Crippen molar-refractivity contribution < 1.29 is 27.4 Å². The Morgan fingerprint density at radius 3 is 2.40 bits per heavy atom. The van der Waals surface area contributed by atoms with Gasteiger partial charge in [0.25, 0.3) is 10.0 Å². The molecule has 0 saturated carbocycles. The highest BCUT2D eigenvalue weighted by Gasteiger charge is 2.14. The lowest BCUT2D eigenvalue weighted by Gasteiger charge is -2.10. The number of benzene rings is 3. The first-order valence-electron chi connectivity index (χ1n) is 10.8. The van der Waals surface area contributed by atoms with Crippen LogP contribution < -0.4 is 19.0 Å². The van der Waals surface area contributed by atoms with E-state index in [4.69, 9.17) is 25.8 Å². The van der Waals surface area contributed by atoms with Gasteiger partial charge in [-0.3, -0.25) is 0 Å². The van der Waals surface area contributed by atoms with Crippen molar-refractivity contribution >= 4 is 33.8 Å². The van der Waals surface area contributed by atoms with Crippen molar-refractivity contribution in [1.29, 1.82) is 0 Å². The smallest absolute Gasteiger partial charge is 0.343 e. The molecule has 0 aliphatic rings. The molecule has 0 aliphatic heterocycles. The van der Waals surface area contributed by atoms with Crippen LogP contribution in [-0.4, -0.2) is 34.3 Å². The Kier molecular flexibility index (Phi) is 9.11. The van der Waals surface area contributed by atoms with Crippen molar-refractivity contribution in [2.75, 3.05) is 13.7 Å². The maximum atomic E-state index is 12.5. The zero-order valence-electron chi connectivity index (χ0n) is 19.2. The summed E-state index contributed by atoms with van der Waals surface area (Å²) in [4.78, 5) is 14.7. The fraction of sp³-hybridized carbons (Fsp3) is 0.200. The third kappa shape index (κ3) is 7.46. The van der Waals surface area contributed by atoms with E-state index in [1.54, 1.807) is 36.4 Å². The number of esters is 1. The van der Waals surface area contributed by atoms with Crippen LogP contribution in [0.25, 0.3) is 0 Å². The van der Waals surface area contributed by atoms with E-state index in [0.29, 0.717) is 28.5 Å². The van der Waals surface area contributed by atoms with Crippen molar-refractivity contribution in [1.82, 2.24) is 4.83 Å². The Labute approximate surface area is 209 Å². The molecule has 0 spiro atoms. The van der Waals surface area contributed by atoms with Gasteiger partial charge in [0, 0.05) is 5.02 Å². The lowest BCUT2D eigenvalue weighted by Crippen LogP contribution is -2.18. The summed E-state index contributed by atoms with van der Waals surface area (Å²) >= 11 is 5.79. The summed E-state index contributed by atoms with van der Waals surface area (Å²) in [6.07, 6.45) is 3.30. The number of halogens is 1. The Morgan fingerprint density at radius 1 is 1.03 bits per heavy atom. The van der Waals surface area contributed by atoms with Gasteiger partial charge >= 0.3 is 5.97 Å². The summed E-state index contributed by atoms with van der Waals surface area (Å²) in [5.74, 6) is 0.616. The molecule has 8 nitrogen and oxygen atoms in total. The van der Waals surface area contributed by atoms with Crippen LogP contribution in [0, 0.1) is 0 Å². The van der Waals surface area contributed by atoms with Crippen LogP contribution in [0.1, 0.15) is 35.7 Å². The number of hydrogen-bond donors (Lipinski definition) is 1. The van der Waals surface area contributed by atoms with Gasteiger partial charge in [-0.1, -0.05) is 24.9 Å². The number of ether oxygens (including phenoxy) is 3. The number of sulfonamides is 1. The van der Waals surface area contributed by atoms with E-state index in [9.17, 15) is 13.2 Å². The summed E-state index contributed by atoms with van der Waals surface area (Å²) in [7, 11) is -2.41. The number of rotatable bonds is 11. The molecule has 3 rings (SSSR count). The molecule has 10 heteroatoms. The first-order chi connectivity index (χ1) is 16.8. The monoisotopic (exact) mass is 516 g/mol. The third-order valence-electron chi connectivity index (χ3n) is 4.76. The average Bonchev–Trinajstić information content (AvgIpc) is 2.85. The molecule has 0 radical (unpaired) electrons. The molecule has 0 amide bonds. The van der Waals surface area contributed by atoms with Crippen molar-refractivity contribution in [2.45, 2.75) is 24.7 Å². The normalized spacial score (nSPS) is 11.3. The number of carbonyl (C=O) groups is 1. The molecule has 35 heavy (non-hydrogen) atoms. The molecule has 0 fully saturated rings. The van der Waals surface area contributed by atoms with Gasteiger partial charge in [-0.2, -0.15) is 13.5 Å². The minimum Gasteiger partial charge on any atom is -0.494 e. The molecule has 184 valence electrons. The van der Waals surface area contributed by atoms with Crippen LogP contribution >= 0.6 is 11.6 Å². The van der Waals surface area contributed by atoms with Gasteiger partial charge in [0.1, 0.15) is 5.75 Å². The lowest BCUT2D eigenvalue weighted by molar-refractivity contribution is 0.0729. The minimum atomic E-state index is -3.84. The van der Waals surface area contributed by atoms with E-state index in [2.05, 4.69) is 16.9 Å². The van der Waals surface area contributed by atoms with E-state index in [0.717, 1.165) is 12.8 Å². The molecule has 1 N–H and O–H groups in total. The number of carbonyl (C=O) groups excluding carboxylic acids is 1. The summed E-state index contributed by atoms with van der Waals surface area (Å²) < 4.78 is 41.0. The first kappa shape index (κ1) is 26.1. The topological polar surface area (TPSA) is 103 Å². The predicted molar refractivity (Wildman–Crippen MR) is 134 cm³/mol. The second-order valence-electron chi connectivity index (χ2n) is 7.33. The summed E-state index contributed by atoms with van der Waals surface area (Å²) in [6, 6.07) is 17.1. The summed E-state index contributed by atoms with van der Waals surface area (Å²) in [5, 5.41) is 4.21. The van der Waals surface area contributed by atoms with Crippen LogP contribution in [0.15, 0.2) is 76.7 Å². The van der Waals surface area contributed by atoms with Crippen LogP contribution in [0.2, 0.25) is 5.02 Å². The van der Waals surface area contributed by atoms with Gasteiger partial charge in [-0.05, 0) is 78.7 Å². The molecule has 0 unspecified atom stereocenters. The highest BCUT2D eigenvalue weighted by molar-refractivity contribution is 7.89. The number of nitrogens with one attached hydrogen (secondary N) is 1. The minimum absolute atomic E-state index is 0.0273. The van der Waals surface area contributed by atoms with E-state index in [-0.39, 0.29) is 16.4 Å². The fourth-order valence-corrected chi connectivity index (χ4v) is 3.78. The average molecular weight is 517 g/mol. The van der Waals surface area contributed by atoms with Crippen LogP contribution in [0.3, 0.4) is 0 Å². The second-order valence-corrected chi connectivity index (χ2v) is 9.43. The highest BCUT2D eigenvalue weighted by atomic mass is 35.5. The van der Waals surface area contributed by atoms with E-state index < -0.39 is 16.0 Å². The number of hydrazone groups is 1. The fourth-order valence-electron chi connectivity index (χ4n) is 2.87. The van der Waals surface area contributed by atoms with E-state index in [1.165, 1.54) is 43.7 Å². The molecule has 0 atom stereocenters. The van der Waals surface area contributed by atoms with Crippen molar-refractivity contribution in [3.8, 4) is 17.2 Å². The van der Waals surface area contributed by atoms with Crippen LogP contribution in [0.4, 0.5) is 0 Å². The SMILES string of the molecule is CCCCOc1ccc(C(=O)Oc2ccc(C=NNS(=O)(=O)c3ccc(Cl)cc3)cc2OC)cc1. The van der Waals surface area contributed by atoms with Crippen molar-refractivity contribution in [2.24, 2.45) is 5.10 Å². The molecule has 0 heterocycles. The van der Waals surface area contributed by atoms with Gasteiger partial charge in [-0.15, -0.1) is 0 Å². The van der Waals surface area contributed by atoms with E-state index in [1.807, 2.05) is 0 Å². The van der Waals surface area contributed by atoms with Crippen molar-refractivity contribution in [3.63, 3.8) is 0 Å². The Balaban J connectivity index is 1.64. The number of nitrogens with zero attached hydrogens (tertiary/aromatic N) is 1. The summed E-state index contributed by atoms with van der Waals surface area (Å²) in [5.41, 5.74) is 0.881. The van der Waals surface area contributed by atoms with Crippen LogP contribution in [0.5, 0.6) is 17.2 Å². The van der Waals surface area contributed by atoms with E-state index >= 15 is 0 Å². The van der Waals surface area contributed by atoms with Crippen molar-refractivity contribution in [3.05, 3.63) is 82.9 Å². The first-order valence-corrected chi connectivity index (χ1v) is 12.6. The Bertz CT molecular complexity index is 1280.